The molecule has 1 aliphatic rings. The van der Waals surface area contributed by atoms with Gasteiger partial charge < -0.3 is 19.5 Å². The number of fused-ring (bicyclic) bond motifs is 1. The predicted octanol–water partition coefficient (Wildman–Crippen LogP) is 5.47. The van der Waals surface area contributed by atoms with Crippen molar-refractivity contribution in [1.29, 1.82) is 0 Å². The fourth-order valence-corrected chi connectivity index (χ4v) is 5.72. The zero-order valence-electron chi connectivity index (χ0n) is 21.4. The van der Waals surface area contributed by atoms with Gasteiger partial charge in [-0.1, -0.05) is 6.08 Å². The minimum absolute atomic E-state index is 0.130. The molecule has 0 radical (unpaired) electrons. The number of hydrogen-bond acceptors (Lipinski definition) is 5. The Hall–Kier alpha value is -4.24. The van der Waals surface area contributed by atoms with Crippen molar-refractivity contribution in [3.63, 3.8) is 0 Å². The van der Waals surface area contributed by atoms with Crippen LogP contribution in [0.25, 0.3) is 21.2 Å². The van der Waals surface area contributed by atoms with Crippen LogP contribution in [0.2, 0.25) is 0 Å². The van der Waals surface area contributed by atoms with Gasteiger partial charge in [0.15, 0.2) is 0 Å². The lowest BCUT2D eigenvalue weighted by molar-refractivity contribution is -0.113. The Morgan fingerprint density at radius 3 is 2.50 bits per heavy atom. The monoisotopic (exact) mass is 531 g/mol. The second kappa shape index (κ2) is 9.90. The maximum absolute atomic E-state index is 14.0. The van der Waals surface area contributed by atoms with Gasteiger partial charge in [0.2, 0.25) is 0 Å². The lowest BCUT2D eigenvalue weighted by Crippen LogP contribution is -2.24. The van der Waals surface area contributed by atoms with Crippen LogP contribution in [0.3, 0.4) is 0 Å². The average molecular weight is 532 g/mol. The molecule has 194 valence electrons. The smallest absolute Gasteiger partial charge is 0.261 e. The Kier molecular flexibility index (Phi) is 6.62. The van der Waals surface area contributed by atoms with Crippen LogP contribution in [0, 0.1) is 19.7 Å². The highest BCUT2D eigenvalue weighted by molar-refractivity contribution is 7.21. The standard InChI is InChI=1S/C29H26FN3O4S/c1-5-31-28(35)24-14-21-27(38-24)22(15-32(4)29(21)36)20-13-19(33-10-6-7-25(33)34)8-9-23(20)37-26-16(2)11-18(30)12-17(26)3/h6-9,11-15H,5,10H2,1-4H3,(H,31,35). The molecule has 0 aliphatic carbocycles. The fourth-order valence-electron chi connectivity index (χ4n) is 4.63. The number of anilines is 1. The molecular weight excluding hydrogens is 505 g/mol. The van der Waals surface area contributed by atoms with Crippen molar-refractivity contribution in [2.45, 2.75) is 20.8 Å². The van der Waals surface area contributed by atoms with Crippen molar-refractivity contribution in [3.8, 4) is 22.6 Å². The van der Waals surface area contributed by atoms with E-state index >= 15 is 0 Å². The molecule has 38 heavy (non-hydrogen) atoms. The van der Waals surface area contributed by atoms with Gasteiger partial charge in [-0.05, 0) is 68.3 Å². The highest BCUT2D eigenvalue weighted by Crippen LogP contribution is 2.42. The number of halogens is 1. The molecule has 0 bridgehead atoms. The van der Waals surface area contributed by atoms with Gasteiger partial charge in [-0.25, -0.2) is 4.39 Å². The third kappa shape index (κ3) is 4.50. The molecular formula is C29H26FN3O4S. The number of aromatic nitrogens is 1. The molecule has 2 amide bonds. The van der Waals surface area contributed by atoms with E-state index in [4.69, 9.17) is 4.74 Å². The predicted molar refractivity (Wildman–Crippen MR) is 148 cm³/mol. The molecule has 0 spiro atoms. The Balaban J connectivity index is 1.74. The number of ether oxygens (including phenoxy) is 1. The van der Waals surface area contributed by atoms with E-state index in [-0.39, 0.29) is 23.2 Å². The quantitative estimate of drug-likeness (QED) is 0.358. The first-order chi connectivity index (χ1) is 18.2. The Bertz CT molecular complexity index is 1680. The number of pyridine rings is 1. The van der Waals surface area contributed by atoms with Crippen molar-refractivity contribution in [2.75, 3.05) is 18.0 Å². The molecule has 1 aliphatic heterocycles. The normalized spacial score (nSPS) is 13.0. The Morgan fingerprint density at radius 2 is 1.84 bits per heavy atom. The van der Waals surface area contributed by atoms with Crippen LogP contribution in [0.4, 0.5) is 10.1 Å². The summed E-state index contributed by atoms with van der Waals surface area (Å²) in [6.45, 7) is 6.29. The van der Waals surface area contributed by atoms with Crippen molar-refractivity contribution < 1.29 is 18.7 Å². The van der Waals surface area contributed by atoms with E-state index < -0.39 is 0 Å². The zero-order valence-corrected chi connectivity index (χ0v) is 22.2. The molecule has 1 N–H and O–H groups in total. The van der Waals surface area contributed by atoms with E-state index in [1.54, 1.807) is 56.3 Å². The first kappa shape index (κ1) is 25.4. The highest BCUT2D eigenvalue weighted by Gasteiger charge is 2.23. The van der Waals surface area contributed by atoms with Gasteiger partial charge in [0.05, 0.1) is 15.0 Å². The molecule has 7 nitrogen and oxygen atoms in total. The Morgan fingerprint density at radius 1 is 1.11 bits per heavy atom. The number of amides is 2. The number of hydrogen-bond donors (Lipinski definition) is 1. The largest absolute Gasteiger partial charge is 0.456 e. The number of thiophene rings is 1. The fraction of sp³-hybridized carbons (Fsp3) is 0.207. The number of carbonyl (C=O) groups excluding carboxylic acids is 2. The van der Waals surface area contributed by atoms with Gasteiger partial charge >= 0.3 is 0 Å². The first-order valence-electron chi connectivity index (χ1n) is 12.2. The van der Waals surface area contributed by atoms with Crippen LogP contribution in [-0.2, 0) is 11.8 Å². The van der Waals surface area contributed by atoms with Crippen LogP contribution in [0.1, 0.15) is 27.7 Å². The van der Waals surface area contributed by atoms with Crippen LogP contribution in [0.15, 0.2) is 59.5 Å². The summed E-state index contributed by atoms with van der Waals surface area (Å²) in [5.74, 6) is 0.265. The molecule has 4 aromatic rings. The van der Waals surface area contributed by atoms with Crippen molar-refractivity contribution in [3.05, 3.63) is 86.9 Å². The third-order valence-corrected chi connectivity index (χ3v) is 7.59. The lowest BCUT2D eigenvalue weighted by Gasteiger charge is -2.20. The number of nitrogens with one attached hydrogen (secondary N) is 1. The van der Waals surface area contributed by atoms with Gasteiger partial charge in [0, 0.05) is 49.2 Å². The summed E-state index contributed by atoms with van der Waals surface area (Å²) in [5, 5.41) is 3.20. The summed E-state index contributed by atoms with van der Waals surface area (Å²) in [6.07, 6.45) is 5.03. The summed E-state index contributed by atoms with van der Waals surface area (Å²) in [4.78, 5) is 40.2. The maximum atomic E-state index is 14.0. The summed E-state index contributed by atoms with van der Waals surface area (Å²) in [7, 11) is 1.65. The number of benzene rings is 2. The molecule has 5 rings (SSSR count). The van der Waals surface area contributed by atoms with Crippen LogP contribution in [-0.4, -0.2) is 29.5 Å². The average Bonchev–Trinajstić information content (AvgIpc) is 3.51. The number of carbonyl (C=O) groups is 2. The van der Waals surface area contributed by atoms with E-state index in [9.17, 15) is 18.8 Å². The minimum atomic E-state index is -0.348. The lowest BCUT2D eigenvalue weighted by atomic mass is 10.0. The van der Waals surface area contributed by atoms with E-state index in [2.05, 4.69) is 5.32 Å². The van der Waals surface area contributed by atoms with Crippen LogP contribution < -0.4 is 20.5 Å². The minimum Gasteiger partial charge on any atom is -0.456 e. The molecule has 2 aromatic heterocycles. The topological polar surface area (TPSA) is 80.6 Å². The summed E-state index contributed by atoms with van der Waals surface area (Å²) in [5.41, 5.74) is 3.02. The van der Waals surface area contributed by atoms with Gasteiger partial charge in [-0.3, -0.25) is 14.4 Å². The van der Waals surface area contributed by atoms with E-state index in [0.717, 1.165) is 0 Å². The van der Waals surface area contributed by atoms with Crippen LogP contribution >= 0.6 is 11.3 Å². The molecule has 0 fully saturated rings. The summed E-state index contributed by atoms with van der Waals surface area (Å²) in [6, 6.07) is 9.85. The second-order valence-corrected chi connectivity index (χ2v) is 10.2. The third-order valence-electron chi connectivity index (χ3n) is 6.43. The molecule has 2 aromatic carbocycles. The SMILES string of the molecule is CCNC(=O)c1cc2c(=O)n(C)cc(-c3cc(N4CC=CC4=O)ccc3Oc3c(C)cc(F)cc3C)c2s1. The highest BCUT2D eigenvalue weighted by atomic mass is 32.1. The van der Waals surface area contributed by atoms with Gasteiger partial charge in [-0.15, -0.1) is 11.3 Å². The molecule has 0 saturated heterocycles. The molecule has 0 atom stereocenters. The van der Waals surface area contributed by atoms with Crippen LogP contribution in [0.5, 0.6) is 11.5 Å². The second-order valence-electron chi connectivity index (χ2n) is 9.17. The first-order valence-corrected chi connectivity index (χ1v) is 13.0. The molecule has 0 saturated carbocycles. The summed E-state index contributed by atoms with van der Waals surface area (Å²) >= 11 is 1.23. The molecule has 3 heterocycles. The van der Waals surface area contributed by atoms with Crippen molar-refractivity contribution >= 4 is 38.9 Å². The maximum Gasteiger partial charge on any atom is 0.261 e. The Labute approximate surface area is 222 Å². The zero-order chi connectivity index (χ0) is 27.1. The van der Waals surface area contributed by atoms with E-state index in [0.29, 0.717) is 67.5 Å². The molecule has 0 unspecified atom stereocenters. The van der Waals surface area contributed by atoms with Gasteiger partial charge in [0.25, 0.3) is 17.4 Å². The van der Waals surface area contributed by atoms with Crippen molar-refractivity contribution in [2.24, 2.45) is 7.05 Å². The number of nitrogens with zero attached hydrogens (tertiary/aromatic N) is 2. The number of rotatable bonds is 6. The molecule has 9 heteroatoms. The van der Waals surface area contributed by atoms with Gasteiger partial charge in [0.1, 0.15) is 17.3 Å². The van der Waals surface area contributed by atoms with Crippen molar-refractivity contribution in [1.82, 2.24) is 9.88 Å². The van der Waals surface area contributed by atoms with Gasteiger partial charge in [-0.2, -0.15) is 0 Å². The number of aryl methyl sites for hydroxylation is 3. The summed E-state index contributed by atoms with van der Waals surface area (Å²) < 4.78 is 22.5. The van der Waals surface area contributed by atoms with E-state index in [1.807, 2.05) is 13.0 Å². The van der Waals surface area contributed by atoms with E-state index in [1.165, 1.54) is 34.1 Å².